The number of hydrogen-bond donors (Lipinski definition) is 1. The largest absolute Gasteiger partial charge is 0.480 e. The number of benzene rings is 1. The lowest BCUT2D eigenvalue weighted by atomic mass is 10.1. The van der Waals surface area contributed by atoms with Gasteiger partial charge in [0.25, 0.3) is 0 Å². The van der Waals surface area contributed by atoms with Gasteiger partial charge in [-0.3, -0.25) is 4.98 Å². The third-order valence-corrected chi connectivity index (χ3v) is 4.14. The Labute approximate surface area is 166 Å². The first kappa shape index (κ1) is 18.1. The average Bonchev–Trinajstić information content (AvgIpc) is 2.78. The summed E-state index contributed by atoms with van der Waals surface area (Å²) < 4.78 is 10.8. The van der Waals surface area contributed by atoms with Gasteiger partial charge in [0.2, 0.25) is 11.8 Å². The molecule has 0 aliphatic heterocycles. The van der Waals surface area contributed by atoms with Gasteiger partial charge in [-0.15, -0.1) is 0 Å². The van der Waals surface area contributed by atoms with Crippen molar-refractivity contribution in [2.45, 2.75) is 6.61 Å². The molecule has 142 valence electrons. The van der Waals surface area contributed by atoms with Crippen molar-refractivity contribution in [2.75, 3.05) is 12.4 Å². The molecule has 29 heavy (non-hydrogen) atoms. The molecule has 1 aromatic carbocycles. The first-order valence-electron chi connectivity index (χ1n) is 8.75. The third kappa shape index (κ3) is 4.04. The fourth-order valence-electron chi connectivity index (χ4n) is 2.71. The number of anilines is 2. The van der Waals surface area contributed by atoms with E-state index in [4.69, 9.17) is 9.47 Å². The Hall–Kier alpha value is -4.25. The fourth-order valence-corrected chi connectivity index (χ4v) is 2.71. The Bertz CT molecular complexity index is 1170. The maximum atomic E-state index is 9.64. The highest BCUT2D eigenvalue weighted by atomic mass is 16.5. The molecular formula is C21H16N6O2. The summed E-state index contributed by atoms with van der Waals surface area (Å²) in [4.78, 5) is 17.0. The van der Waals surface area contributed by atoms with Crippen molar-refractivity contribution in [3.8, 4) is 17.8 Å². The Morgan fingerprint density at radius 1 is 1.03 bits per heavy atom. The van der Waals surface area contributed by atoms with Crippen LogP contribution in [0.2, 0.25) is 0 Å². The van der Waals surface area contributed by atoms with Gasteiger partial charge in [-0.1, -0.05) is 6.07 Å². The highest BCUT2D eigenvalue weighted by Crippen LogP contribution is 2.27. The number of methoxy groups -OCH3 is 1. The molecule has 0 amide bonds. The normalized spacial score (nSPS) is 10.3. The third-order valence-electron chi connectivity index (χ3n) is 4.14. The zero-order valence-electron chi connectivity index (χ0n) is 15.5. The molecule has 0 aliphatic carbocycles. The smallest absolute Gasteiger partial charge is 0.232 e. The molecule has 1 N–H and O–H groups in total. The van der Waals surface area contributed by atoms with E-state index in [0.29, 0.717) is 46.3 Å². The zero-order valence-corrected chi connectivity index (χ0v) is 15.5. The predicted molar refractivity (Wildman–Crippen MR) is 107 cm³/mol. The van der Waals surface area contributed by atoms with Crippen LogP contribution < -0.4 is 14.8 Å². The molecule has 4 rings (SSSR count). The van der Waals surface area contributed by atoms with Crippen LogP contribution in [0, 0.1) is 11.3 Å². The molecule has 0 fully saturated rings. The predicted octanol–water partition coefficient (Wildman–Crippen LogP) is 3.62. The average molecular weight is 384 g/mol. The van der Waals surface area contributed by atoms with E-state index in [9.17, 15) is 5.26 Å². The van der Waals surface area contributed by atoms with Crippen molar-refractivity contribution in [3.63, 3.8) is 0 Å². The highest BCUT2D eigenvalue weighted by Gasteiger charge is 2.11. The fraction of sp³-hybridized carbons (Fsp3) is 0.0952. The van der Waals surface area contributed by atoms with Gasteiger partial charge in [-0.05, 0) is 24.3 Å². The van der Waals surface area contributed by atoms with Crippen LogP contribution in [0.1, 0.15) is 11.1 Å². The number of nitrogens with one attached hydrogen (secondary N) is 1. The van der Waals surface area contributed by atoms with Crippen molar-refractivity contribution in [3.05, 3.63) is 72.3 Å². The van der Waals surface area contributed by atoms with Crippen LogP contribution in [0.5, 0.6) is 11.8 Å². The lowest BCUT2D eigenvalue weighted by Gasteiger charge is -2.11. The Morgan fingerprint density at radius 3 is 2.69 bits per heavy atom. The summed E-state index contributed by atoms with van der Waals surface area (Å²) in [6.45, 7) is 0.386. The number of rotatable bonds is 6. The van der Waals surface area contributed by atoms with Crippen molar-refractivity contribution in [2.24, 2.45) is 0 Å². The van der Waals surface area contributed by atoms with Crippen molar-refractivity contribution < 1.29 is 9.47 Å². The number of aromatic nitrogens is 4. The van der Waals surface area contributed by atoms with Gasteiger partial charge in [0.15, 0.2) is 0 Å². The molecule has 0 unspecified atom stereocenters. The molecule has 0 saturated heterocycles. The first-order chi connectivity index (χ1) is 14.3. The summed E-state index contributed by atoms with van der Waals surface area (Å²) in [5, 5.41) is 12.8. The van der Waals surface area contributed by atoms with Crippen LogP contribution in [0.15, 0.2) is 61.2 Å². The van der Waals surface area contributed by atoms with Crippen molar-refractivity contribution in [1.82, 2.24) is 19.9 Å². The van der Waals surface area contributed by atoms with E-state index in [1.807, 2.05) is 18.2 Å². The Kier molecular flexibility index (Phi) is 5.12. The summed E-state index contributed by atoms with van der Waals surface area (Å²) in [6.07, 6.45) is 6.62. The maximum absolute atomic E-state index is 9.64. The van der Waals surface area contributed by atoms with Crippen LogP contribution in [0.3, 0.4) is 0 Å². The molecule has 0 atom stereocenters. The molecular weight excluding hydrogens is 368 g/mol. The maximum Gasteiger partial charge on any atom is 0.232 e. The van der Waals surface area contributed by atoms with Crippen molar-refractivity contribution >= 4 is 22.4 Å². The topological polar surface area (TPSA) is 106 Å². The minimum Gasteiger partial charge on any atom is -0.480 e. The molecule has 3 aromatic heterocycles. The number of ether oxygens (including phenoxy) is 2. The number of pyridine rings is 2. The van der Waals surface area contributed by atoms with Crippen LogP contribution in [0.25, 0.3) is 11.0 Å². The standard InChI is InChI=1S/C21H16N6O2/c1-28-20-12-24-18-6-5-17(16(9-22)21(18)27-20)26-15-4-7-19(25-11-15)29-13-14-3-2-8-23-10-14/h2-8,10-12,26H,13H2,1H3. The molecule has 3 heterocycles. The van der Waals surface area contributed by atoms with E-state index >= 15 is 0 Å². The van der Waals surface area contributed by atoms with E-state index in [1.54, 1.807) is 36.8 Å². The van der Waals surface area contributed by atoms with E-state index in [1.165, 1.54) is 13.3 Å². The Morgan fingerprint density at radius 2 is 1.97 bits per heavy atom. The SMILES string of the molecule is COc1cnc2ccc(Nc3ccc(OCc4cccnc4)nc3)c(C#N)c2n1. The van der Waals surface area contributed by atoms with Crippen molar-refractivity contribution in [1.29, 1.82) is 5.26 Å². The second-order valence-electron chi connectivity index (χ2n) is 6.04. The quantitative estimate of drug-likeness (QED) is 0.537. The van der Waals surface area contributed by atoms with E-state index < -0.39 is 0 Å². The molecule has 4 aromatic rings. The molecule has 0 saturated carbocycles. The molecule has 0 radical (unpaired) electrons. The number of nitriles is 1. The zero-order chi connectivity index (χ0) is 20.1. The van der Waals surface area contributed by atoms with Gasteiger partial charge in [0, 0.05) is 24.0 Å². The Balaban J connectivity index is 1.53. The minimum atomic E-state index is 0.350. The lowest BCUT2D eigenvalue weighted by Crippen LogP contribution is -2.00. The van der Waals surface area contributed by atoms with E-state index in [2.05, 4.69) is 31.3 Å². The van der Waals surface area contributed by atoms with E-state index in [-0.39, 0.29) is 0 Å². The minimum absolute atomic E-state index is 0.350. The van der Waals surface area contributed by atoms with Gasteiger partial charge in [0.1, 0.15) is 23.8 Å². The monoisotopic (exact) mass is 384 g/mol. The molecule has 8 nitrogen and oxygen atoms in total. The highest BCUT2D eigenvalue weighted by molar-refractivity contribution is 5.88. The lowest BCUT2D eigenvalue weighted by molar-refractivity contribution is 0.293. The van der Waals surface area contributed by atoms with Crippen LogP contribution in [0.4, 0.5) is 11.4 Å². The van der Waals surface area contributed by atoms with E-state index in [0.717, 1.165) is 5.56 Å². The van der Waals surface area contributed by atoms with Gasteiger partial charge in [0.05, 0.1) is 36.4 Å². The summed E-state index contributed by atoms with van der Waals surface area (Å²) in [5.74, 6) is 0.844. The first-order valence-corrected chi connectivity index (χ1v) is 8.75. The van der Waals surface area contributed by atoms with Crippen LogP contribution in [-0.4, -0.2) is 27.0 Å². The second-order valence-corrected chi connectivity index (χ2v) is 6.04. The molecule has 0 aliphatic rings. The summed E-state index contributed by atoms with van der Waals surface area (Å²) in [5.41, 5.74) is 3.75. The second kappa shape index (κ2) is 8.19. The van der Waals surface area contributed by atoms with Gasteiger partial charge in [-0.2, -0.15) is 5.26 Å². The summed E-state index contributed by atoms with van der Waals surface area (Å²) in [7, 11) is 1.51. The summed E-state index contributed by atoms with van der Waals surface area (Å²) in [6, 6.07) is 13.1. The van der Waals surface area contributed by atoms with Gasteiger partial charge in [-0.25, -0.2) is 15.0 Å². The van der Waals surface area contributed by atoms with Crippen LogP contribution >= 0.6 is 0 Å². The van der Waals surface area contributed by atoms with Crippen LogP contribution in [-0.2, 0) is 6.61 Å². The molecule has 0 spiro atoms. The number of fused-ring (bicyclic) bond motifs is 1. The molecule has 8 heteroatoms. The van der Waals surface area contributed by atoms with Gasteiger partial charge >= 0.3 is 0 Å². The van der Waals surface area contributed by atoms with Gasteiger partial charge < -0.3 is 14.8 Å². The number of nitrogens with zero attached hydrogens (tertiary/aromatic N) is 5. The molecule has 0 bridgehead atoms. The summed E-state index contributed by atoms with van der Waals surface area (Å²) >= 11 is 0. The number of hydrogen-bond acceptors (Lipinski definition) is 8.